The maximum Gasteiger partial charge on any atom is 0.573 e. The molecule has 0 amide bonds. The van der Waals surface area contributed by atoms with Crippen LogP contribution in [0, 0.1) is 0 Å². The third-order valence-electron chi connectivity index (χ3n) is 6.45. The van der Waals surface area contributed by atoms with Crippen molar-refractivity contribution in [1.82, 2.24) is 4.90 Å². The van der Waals surface area contributed by atoms with Crippen molar-refractivity contribution in [2.24, 2.45) is 0 Å². The Balaban J connectivity index is 1.46. The highest BCUT2D eigenvalue weighted by Crippen LogP contribution is 2.36. The Labute approximate surface area is 201 Å². The molecule has 2 aliphatic rings. The van der Waals surface area contributed by atoms with Gasteiger partial charge in [-0.25, -0.2) is 8.42 Å². The summed E-state index contributed by atoms with van der Waals surface area (Å²) in [5.41, 5.74) is 2.10. The zero-order chi connectivity index (χ0) is 25.4. The number of fused-ring (bicyclic) bond motifs is 1. The summed E-state index contributed by atoms with van der Waals surface area (Å²) < 4.78 is 67.9. The fourth-order valence-electron chi connectivity index (χ4n) is 4.72. The first-order valence-corrected chi connectivity index (χ1v) is 12.6. The Morgan fingerprint density at radius 3 is 2.34 bits per heavy atom. The molecule has 0 spiro atoms. The number of carboxylic acids is 1. The fraction of sp³-hybridized carbons (Fsp3) is 0.375. The van der Waals surface area contributed by atoms with Crippen molar-refractivity contribution in [1.29, 1.82) is 0 Å². The minimum Gasteiger partial charge on any atom is -0.481 e. The molecule has 11 heteroatoms. The molecule has 1 fully saturated rings. The standard InChI is InChI=1S/C24H25F3N2O5S/c1-2-22(35(32,33)19-9-3-16-4-10-20(23(30)31)21(16)15-19)29-13-11-28(12-14-29)17-5-7-18(8-6-17)34-24(25,26)27/h2-3,5-9,15,20,22H,1,4,10-14H2,(H,30,31). The summed E-state index contributed by atoms with van der Waals surface area (Å²) >= 11 is 0. The molecule has 4 rings (SSSR count). The van der Waals surface area contributed by atoms with E-state index in [0.29, 0.717) is 50.3 Å². The second-order valence-corrected chi connectivity index (χ2v) is 10.6. The quantitative estimate of drug-likeness (QED) is 0.567. The van der Waals surface area contributed by atoms with Gasteiger partial charge < -0.3 is 14.7 Å². The zero-order valence-electron chi connectivity index (χ0n) is 18.7. The van der Waals surface area contributed by atoms with Crippen molar-refractivity contribution >= 4 is 21.5 Å². The normalized spacial score (nSPS) is 19.7. The second kappa shape index (κ2) is 9.54. The van der Waals surface area contributed by atoms with Crippen molar-refractivity contribution in [3.63, 3.8) is 0 Å². The van der Waals surface area contributed by atoms with E-state index in [1.54, 1.807) is 11.0 Å². The molecule has 1 saturated heterocycles. The van der Waals surface area contributed by atoms with Crippen LogP contribution >= 0.6 is 0 Å². The number of carboxylic acid groups (broad SMARTS) is 1. The molecule has 0 saturated carbocycles. The lowest BCUT2D eigenvalue weighted by Crippen LogP contribution is -2.52. The van der Waals surface area contributed by atoms with Crippen LogP contribution in [0.4, 0.5) is 18.9 Å². The van der Waals surface area contributed by atoms with E-state index in [1.807, 2.05) is 4.90 Å². The molecule has 1 aliphatic carbocycles. The molecule has 0 radical (unpaired) electrons. The molecule has 2 aromatic rings. The van der Waals surface area contributed by atoms with Gasteiger partial charge in [0.1, 0.15) is 11.1 Å². The van der Waals surface area contributed by atoms with E-state index < -0.39 is 33.5 Å². The van der Waals surface area contributed by atoms with E-state index in [2.05, 4.69) is 11.3 Å². The van der Waals surface area contributed by atoms with Gasteiger partial charge in [0.05, 0.1) is 10.8 Å². The summed E-state index contributed by atoms with van der Waals surface area (Å²) in [5, 5.41) is 8.47. The van der Waals surface area contributed by atoms with E-state index in [0.717, 1.165) is 5.56 Å². The molecule has 188 valence electrons. The highest BCUT2D eigenvalue weighted by Gasteiger charge is 2.35. The fourth-order valence-corrected chi connectivity index (χ4v) is 6.40. The smallest absolute Gasteiger partial charge is 0.481 e. The van der Waals surface area contributed by atoms with Gasteiger partial charge in [-0.1, -0.05) is 12.1 Å². The topological polar surface area (TPSA) is 87.2 Å². The number of ether oxygens (including phenoxy) is 1. The molecule has 35 heavy (non-hydrogen) atoms. The van der Waals surface area contributed by atoms with Gasteiger partial charge in [0.15, 0.2) is 9.84 Å². The Hall–Kier alpha value is -3.05. The predicted molar refractivity (Wildman–Crippen MR) is 123 cm³/mol. The largest absolute Gasteiger partial charge is 0.573 e. The number of carbonyl (C=O) groups is 1. The molecule has 2 atom stereocenters. The van der Waals surface area contributed by atoms with Gasteiger partial charge in [0.2, 0.25) is 0 Å². The highest BCUT2D eigenvalue weighted by molar-refractivity contribution is 7.92. The molecule has 2 unspecified atom stereocenters. The molecule has 0 bridgehead atoms. The van der Waals surface area contributed by atoms with Crippen LogP contribution in [0.1, 0.15) is 23.5 Å². The third-order valence-corrected chi connectivity index (χ3v) is 8.49. The maximum absolute atomic E-state index is 13.5. The Morgan fingerprint density at radius 1 is 1.11 bits per heavy atom. The SMILES string of the molecule is C=CC(N1CCN(c2ccc(OC(F)(F)F)cc2)CC1)S(=O)(=O)c1ccc2c(c1)C(C(=O)O)CC2. The average molecular weight is 511 g/mol. The first-order chi connectivity index (χ1) is 16.5. The van der Waals surface area contributed by atoms with Crippen LogP contribution < -0.4 is 9.64 Å². The first-order valence-electron chi connectivity index (χ1n) is 11.1. The lowest BCUT2D eigenvalue weighted by Gasteiger charge is -2.39. The zero-order valence-corrected chi connectivity index (χ0v) is 19.6. The molecule has 1 N–H and O–H groups in total. The number of halogens is 3. The minimum absolute atomic E-state index is 0.0667. The van der Waals surface area contributed by atoms with Crippen molar-refractivity contribution < 1.29 is 36.2 Å². The number of aliphatic carboxylic acids is 1. The van der Waals surface area contributed by atoms with Crippen LogP contribution in [0.5, 0.6) is 5.75 Å². The summed E-state index contributed by atoms with van der Waals surface area (Å²) in [6, 6.07) is 10.2. The predicted octanol–water partition coefficient (Wildman–Crippen LogP) is 3.81. The van der Waals surface area contributed by atoms with Crippen LogP contribution in [0.25, 0.3) is 0 Å². The van der Waals surface area contributed by atoms with E-state index >= 15 is 0 Å². The van der Waals surface area contributed by atoms with E-state index in [1.165, 1.54) is 42.5 Å². The third kappa shape index (κ3) is 5.30. The van der Waals surface area contributed by atoms with Crippen LogP contribution in [0.2, 0.25) is 0 Å². The number of aryl methyl sites for hydroxylation is 1. The van der Waals surface area contributed by atoms with Gasteiger partial charge in [-0.2, -0.15) is 0 Å². The maximum atomic E-state index is 13.5. The van der Waals surface area contributed by atoms with Gasteiger partial charge in [-0.05, 0) is 60.4 Å². The number of rotatable bonds is 7. The lowest BCUT2D eigenvalue weighted by atomic mass is 10.0. The highest BCUT2D eigenvalue weighted by atomic mass is 32.2. The lowest BCUT2D eigenvalue weighted by molar-refractivity contribution is -0.274. The van der Waals surface area contributed by atoms with Gasteiger partial charge in [-0.3, -0.25) is 9.69 Å². The van der Waals surface area contributed by atoms with Crippen molar-refractivity contribution in [3.8, 4) is 5.75 Å². The van der Waals surface area contributed by atoms with Gasteiger partial charge in [0.25, 0.3) is 0 Å². The van der Waals surface area contributed by atoms with Crippen molar-refractivity contribution in [2.75, 3.05) is 31.1 Å². The average Bonchev–Trinajstić information content (AvgIpc) is 3.23. The van der Waals surface area contributed by atoms with E-state index in [9.17, 15) is 31.5 Å². The first kappa shape index (κ1) is 25.1. The van der Waals surface area contributed by atoms with Gasteiger partial charge in [0, 0.05) is 31.9 Å². The molecular weight excluding hydrogens is 485 g/mol. The van der Waals surface area contributed by atoms with Gasteiger partial charge >= 0.3 is 12.3 Å². The van der Waals surface area contributed by atoms with Crippen LogP contribution in [-0.4, -0.2) is 62.3 Å². The Kier molecular flexibility index (Phi) is 6.83. The molecule has 1 heterocycles. The summed E-state index contributed by atoms with van der Waals surface area (Å²) in [6.07, 6.45) is -2.34. The summed E-state index contributed by atoms with van der Waals surface area (Å²) in [5.74, 6) is -1.98. The number of hydrogen-bond donors (Lipinski definition) is 1. The molecule has 7 nitrogen and oxygen atoms in total. The number of benzene rings is 2. The van der Waals surface area contributed by atoms with Crippen LogP contribution in [0.15, 0.2) is 60.0 Å². The Bertz CT molecular complexity index is 1210. The summed E-state index contributed by atoms with van der Waals surface area (Å²) in [4.78, 5) is 15.4. The molecule has 1 aliphatic heterocycles. The van der Waals surface area contributed by atoms with E-state index in [-0.39, 0.29) is 10.6 Å². The van der Waals surface area contributed by atoms with Crippen molar-refractivity contribution in [2.45, 2.75) is 35.4 Å². The number of anilines is 1. The van der Waals surface area contributed by atoms with Crippen molar-refractivity contribution in [3.05, 3.63) is 66.2 Å². The summed E-state index contributed by atoms with van der Waals surface area (Å²) in [7, 11) is -3.85. The van der Waals surface area contributed by atoms with E-state index in [4.69, 9.17) is 0 Å². The number of piperazine rings is 1. The number of alkyl halides is 3. The monoisotopic (exact) mass is 510 g/mol. The number of sulfone groups is 1. The Morgan fingerprint density at radius 2 is 1.77 bits per heavy atom. The number of nitrogens with zero attached hydrogens (tertiary/aromatic N) is 2. The molecule has 0 aromatic heterocycles. The van der Waals surface area contributed by atoms with Crippen LogP contribution in [0.3, 0.4) is 0 Å². The number of hydrogen-bond acceptors (Lipinski definition) is 6. The molecule has 2 aromatic carbocycles. The minimum atomic E-state index is -4.76. The van der Waals surface area contributed by atoms with Crippen LogP contribution in [-0.2, 0) is 21.1 Å². The summed E-state index contributed by atoms with van der Waals surface area (Å²) in [6.45, 7) is 5.43. The molecular formula is C24H25F3N2O5S. The second-order valence-electron chi connectivity index (χ2n) is 8.53. The van der Waals surface area contributed by atoms with Gasteiger partial charge in [-0.15, -0.1) is 19.8 Å².